The van der Waals surface area contributed by atoms with E-state index in [0.717, 1.165) is 38.3 Å². The Bertz CT molecular complexity index is 814. The highest BCUT2D eigenvalue weighted by Gasteiger charge is 2.28. The van der Waals surface area contributed by atoms with Gasteiger partial charge in [-0.1, -0.05) is 11.6 Å². The van der Waals surface area contributed by atoms with Gasteiger partial charge in [0.05, 0.1) is 6.20 Å². The third kappa shape index (κ3) is 5.18. The van der Waals surface area contributed by atoms with Crippen LogP contribution in [0.1, 0.15) is 25.2 Å². The number of carbonyl (C=O) groups is 1. The number of hydrogen-bond donors (Lipinski definition) is 0. The zero-order valence-corrected chi connectivity index (χ0v) is 17.8. The number of likely N-dealkylation sites (N-methyl/N-ethyl adjacent to an activating group) is 1. The third-order valence-electron chi connectivity index (χ3n) is 6.02. The van der Waals surface area contributed by atoms with Crippen LogP contribution in [0, 0.1) is 0 Å². The van der Waals surface area contributed by atoms with Gasteiger partial charge in [0.1, 0.15) is 0 Å². The molecule has 1 aromatic carbocycles. The Morgan fingerprint density at radius 2 is 1.93 bits per heavy atom. The first-order chi connectivity index (χ1) is 14.1. The number of piperidine rings is 1. The summed E-state index contributed by atoms with van der Waals surface area (Å²) in [5.41, 5.74) is 0.934. The smallest absolute Gasteiger partial charge is 0.223 e. The molecule has 0 N–H and O–H groups in total. The van der Waals surface area contributed by atoms with Gasteiger partial charge in [-0.15, -0.1) is 0 Å². The molecule has 2 fully saturated rings. The Balaban J connectivity index is 1.24. The Labute approximate surface area is 177 Å². The lowest BCUT2D eigenvalue weighted by Gasteiger charge is -2.42. The number of rotatable bonds is 5. The highest BCUT2D eigenvalue weighted by atomic mass is 35.5. The zero-order valence-electron chi connectivity index (χ0n) is 17.0. The molecule has 0 radical (unpaired) electrons. The number of likely N-dealkylation sites (tertiary alicyclic amines) is 1. The molecule has 2 saturated heterocycles. The van der Waals surface area contributed by atoms with Crippen molar-refractivity contribution in [2.75, 3.05) is 46.3 Å². The van der Waals surface area contributed by atoms with Crippen LogP contribution in [0.4, 0.5) is 0 Å². The first-order valence-corrected chi connectivity index (χ1v) is 10.9. The molecule has 7 heteroatoms. The summed E-state index contributed by atoms with van der Waals surface area (Å²) in [6, 6.07) is 8.11. The molecule has 0 aliphatic carbocycles. The average Bonchev–Trinajstić information content (AvgIpc) is 3.22. The first kappa shape index (κ1) is 20.4. The number of halogens is 1. The van der Waals surface area contributed by atoms with E-state index in [0.29, 0.717) is 35.6 Å². The SMILES string of the molecule is CN1CCCC(N2CCN(C(=O)CCc3ncc(-c4ccc(Cl)cc4)o3)CC2)C1. The Morgan fingerprint density at radius 3 is 2.66 bits per heavy atom. The van der Waals surface area contributed by atoms with Crippen molar-refractivity contribution < 1.29 is 9.21 Å². The van der Waals surface area contributed by atoms with Gasteiger partial charge < -0.3 is 14.2 Å². The lowest BCUT2D eigenvalue weighted by Crippen LogP contribution is -2.55. The van der Waals surface area contributed by atoms with Crippen molar-refractivity contribution in [1.29, 1.82) is 0 Å². The molecule has 2 aliphatic heterocycles. The number of nitrogens with zero attached hydrogens (tertiary/aromatic N) is 4. The molecule has 2 aromatic rings. The molecule has 29 heavy (non-hydrogen) atoms. The molecule has 0 spiro atoms. The summed E-state index contributed by atoms with van der Waals surface area (Å²) < 4.78 is 5.82. The van der Waals surface area contributed by atoms with E-state index in [4.69, 9.17) is 16.0 Å². The van der Waals surface area contributed by atoms with Crippen LogP contribution in [0.15, 0.2) is 34.9 Å². The van der Waals surface area contributed by atoms with E-state index >= 15 is 0 Å². The van der Waals surface area contributed by atoms with Crippen molar-refractivity contribution in [2.45, 2.75) is 31.7 Å². The van der Waals surface area contributed by atoms with Gasteiger partial charge in [0.25, 0.3) is 0 Å². The minimum atomic E-state index is 0.191. The van der Waals surface area contributed by atoms with Gasteiger partial charge in [0.15, 0.2) is 11.7 Å². The predicted octanol–water partition coefficient (Wildman–Crippen LogP) is 3.17. The van der Waals surface area contributed by atoms with Crippen LogP contribution in [-0.2, 0) is 11.2 Å². The fourth-order valence-electron chi connectivity index (χ4n) is 4.32. The number of benzene rings is 1. The number of oxazole rings is 1. The maximum atomic E-state index is 12.6. The van der Waals surface area contributed by atoms with Crippen LogP contribution in [0.3, 0.4) is 0 Å². The van der Waals surface area contributed by atoms with Crippen molar-refractivity contribution in [3.05, 3.63) is 41.4 Å². The molecule has 0 saturated carbocycles. The minimum absolute atomic E-state index is 0.191. The van der Waals surface area contributed by atoms with Gasteiger partial charge in [0, 0.05) is 62.2 Å². The van der Waals surface area contributed by atoms with E-state index in [1.54, 1.807) is 6.20 Å². The molecular formula is C22H29ClN4O2. The van der Waals surface area contributed by atoms with Crippen LogP contribution < -0.4 is 0 Å². The summed E-state index contributed by atoms with van der Waals surface area (Å²) in [5.74, 6) is 1.50. The molecule has 1 amide bonds. The Morgan fingerprint density at radius 1 is 1.17 bits per heavy atom. The topological polar surface area (TPSA) is 52.8 Å². The van der Waals surface area contributed by atoms with Crippen LogP contribution in [0.25, 0.3) is 11.3 Å². The quantitative estimate of drug-likeness (QED) is 0.749. The van der Waals surface area contributed by atoms with Crippen LogP contribution in [0.5, 0.6) is 0 Å². The lowest BCUT2D eigenvalue weighted by molar-refractivity contribution is -0.133. The normalized spacial score (nSPS) is 21.4. The molecule has 6 nitrogen and oxygen atoms in total. The standard InChI is InChI=1S/C22H29ClN4O2/c1-25-10-2-3-19(16-25)26-11-13-27(14-12-26)22(28)9-8-21-24-15-20(29-21)17-4-6-18(23)7-5-17/h4-7,15,19H,2-3,8-14,16H2,1H3. The van der Waals surface area contributed by atoms with E-state index < -0.39 is 0 Å². The van der Waals surface area contributed by atoms with E-state index in [-0.39, 0.29) is 5.91 Å². The molecule has 4 rings (SSSR count). The fraction of sp³-hybridized carbons (Fsp3) is 0.545. The van der Waals surface area contributed by atoms with E-state index in [1.807, 2.05) is 29.2 Å². The number of hydrogen-bond acceptors (Lipinski definition) is 5. The van der Waals surface area contributed by atoms with Crippen LogP contribution in [0.2, 0.25) is 5.02 Å². The van der Waals surface area contributed by atoms with Gasteiger partial charge in [-0.05, 0) is 50.7 Å². The molecule has 3 heterocycles. The minimum Gasteiger partial charge on any atom is -0.441 e. The Hall–Kier alpha value is -1.89. The predicted molar refractivity (Wildman–Crippen MR) is 114 cm³/mol. The van der Waals surface area contributed by atoms with Crippen LogP contribution in [-0.4, -0.2) is 77.9 Å². The summed E-state index contributed by atoms with van der Waals surface area (Å²) >= 11 is 5.93. The second-order valence-electron chi connectivity index (χ2n) is 8.10. The lowest BCUT2D eigenvalue weighted by atomic mass is 10.0. The van der Waals surface area contributed by atoms with Crippen molar-refractivity contribution >= 4 is 17.5 Å². The summed E-state index contributed by atoms with van der Waals surface area (Å²) in [5, 5.41) is 0.690. The van der Waals surface area contributed by atoms with Crippen molar-refractivity contribution in [3.8, 4) is 11.3 Å². The highest BCUT2D eigenvalue weighted by Crippen LogP contribution is 2.23. The van der Waals surface area contributed by atoms with Crippen molar-refractivity contribution in [1.82, 2.24) is 19.7 Å². The molecule has 0 bridgehead atoms. The molecule has 1 atom stereocenters. The second-order valence-corrected chi connectivity index (χ2v) is 8.54. The highest BCUT2D eigenvalue weighted by molar-refractivity contribution is 6.30. The molecule has 2 aliphatic rings. The number of aryl methyl sites for hydroxylation is 1. The third-order valence-corrected chi connectivity index (χ3v) is 6.27. The van der Waals surface area contributed by atoms with Crippen molar-refractivity contribution in [3.63, 3.8) is 0 Å². The first-order valence-electron chi connectivity index (χ1n) is 10.5. The number of amides is 1. The van der Waals surface area contributed by atoms with Crippen molar-refractivity contribution in [2.24, 2.45) is 0 Å². The maximum absolute atomic E-state index is 12.6. The second kappa shape index (κ2) is 9.28. The summed E-state index contributed by atoms with van der Waals surface area (Å²) in [4.78, 5) is 23.9. The molecular weight excluding hydrogens is 388 g/mol. The van der Waals surface area contributed by atoms with E-state index in [9.17, 15) is 4.79 Å². The summed E-state index contributed by atoms with van der Waals surface area (Å²) in [6.07, 6.45) is 5.22. The molecule has 1 aromatic heterocycles. The van der Waals surface area contributed by atoms with E-state index in [2.05, 4.69) is 21.8 Å². The maximum Gasteiger partial charge on any atom is 0.223 e. The van der Waals surface area contributed by atoms with Crippen LogP contribution >= 0.6 is 11.6 Å². The van der Waals surface area contributed by atoms with Gasteiger partial charge in [-0.2, -0.15) is 0 Å². The van der Waals surface area contributed by atoms with Gasteiger partial charge in [0.2, 0.25) is 5.91 Å². The monoisotopic (exact) mass is 416 g/mol. The number of piperazine rings is 1. The number of carbonyl (C=O) groups excluding carboxylic acids is 1. The molecule has 156 valence electrons. The summed E-state index contributed by atoms with van der Waals surface area (Å²) in [7, 11) is 2.20. The zero-order chi connectivity index (χ0) is 20.2. The average molecular weight is 417 g/mol. The number of aromatic nitrogens is 1. The van der Waals surface area contributed by atoms with Gasteiger partial charge >= 0.3 is 0 Å². The van der Waals surface area contributed by atoms with Gasteiger partial charge in [-0.25, -0.2) is 4.98 Å². The Kier molecular flexibility index (Phi) is 6.53. The summed E-state index contributed by atoms with van der Waals surface area (Å²) in [6.45, 7) is 5.94. The fourth-order valence-corrected chi connectivity index (χ4v) is 4.45. The van der Waals surface area contributed by atoms with E-state index in [1.165, 1.54) is 19.4 Å². The molecule has 1 unspecified atom stereocenters. The van der Waals surface area contributed by atoms with Gasteiger partial charge in [-0.3, -0.25) is 9.69 Å². The largest absolute Gasteiger partial charge is 0.441 e.